The first-order valence-corrected chi connectivity index (χ1v) is 11.3. The van der Waals surface area contributed by atoms with Gasteiger partial charge in [-0.05, 0) is 55.3 Å². The molecule has 0 aromatic heterocycles. The summed E-state index contributed by atoms with van der Waals surface area (Å²) in [5.74, 6) is -0.366. The molecule has 1 heterocycles. The Morgan fingerprint density at radius 2 is 1.48 bits per heavy atom. The van der Waals surface area contributed by atoms with Crippen molar-refractivity contribution in [1.29, 1.82) is 0 Å². The normalized spacial score (nSPS) is 14.1. The third-order valence-corrected chi connectivity index (χ3v) is 6.13. The highest BCUT2D eigenvalue weighted by molar-refractivity contribution is 6.10. The van der Waals surface area contributed by atoms with Crippen molar-refractivity contribution in [3.63, 3.8) is 0 Å². The summed E-state index contributed by atoms with van der Waals surface area (Å²) < 4.78 is 0. The van der Waals surface area contributed by atoms with E-state index in [1.54, 1.807) is 18.2 Å². The number of carbonyl (C=O) groups excluding carboxylic acids is 2. The van der Waals surface area contributed by atoms with E-state index in [-0.39, 0.29) is 11.8 Å². The number of amides is 2. The van der Waals surface area contributed by atoms with Crippen LogP contribution >= 0.6 is 0 Å². The van der Waals surface area contributed by atoms with Crippen molar-refractivity contribution in [2.45, 2.75) is 13.8 Å². The van der Waals surface area contributed by atoms with Gasteiger partial charge in [-0.15, -0.1) is 0 Å². The number of piperazine rings is 1. The van der Waals surface area contributed by atoms with Gasteiger partial charge >= 0.3 is 0 Å². The molecule has 2 N–H and O–H groups in total. The van der Waals surface area contributed by atoms with E-state index in [1.165, 1.54) is 16.8 Å². The zero-order chi connectivity index (χ0) is 23.2. The van der Waals surface area contributed by atoms with Gasteiger partial charge in [0, 0.05) is 37.6 Å². The van der Waals surface area contributed by atoms with Crippen molar-refractivity contribution >= 4 is 28.9 Å². The van der Waals surface area contributed by atoms with Crippen molar-refractivity contribution < 1.29 is 9.59 Å². The average Bonchev–Trinajstić information content (AvgIpc) is 2.82. The third kappa shape index (κ3) is 5.59. The molecule has 1 fully saturated rings. The summed E-state index contributed by atoms with van der Waals surface area (Å²) in [6, 6.07) is 22.8. The van der Waals surface area contributed by atoms with Crippen LogP contribution in [0, 0.1) is 13.8 Å². The molecule has 0 unspecified atom stereocenters. The van der Waals surface area contributed by atoms with Crippen molar-refractivity contribution in [2.75, 3.05) is 48.3 Å². The second-order valence-corrected chi connectivity index (χ2v) is 8.40. The quantitative estimate of drug-likeness (QED) is 0.597. The van der Waals surface area contributed by atoms with Gasteiger partial charge in [0.2, 0.25) is 5.91 Å². The van der Waals surface area contributed by atoms with Gasteiger partial charge in [0.25, 0.3) is 5.91 Å². The maximum Gasteiger partial charge on any atom is 0.257 e. The van der Waals surface area contributed by atoms with E-state index in [0.29, 0.717) is 23.5 Å². The van der Waals surface area contributed by atoms with E-state index >= 15 is 0 Å². The lowest BCUT2D eigenvalue weighted by molar-refractivity contribution is -0.117. The first-order valence-electron chi connectivity index (χ1n) is 11.3. The minimum atomic E-state index is -0.251. The lowest BCUT2D eigenvalue weighted by Gasteiger charge is -2.36. The van der Waals surface area contributed by atoms with Crippen molar-refractivity contribution in [2.24, 2.45) is 0 Å². The minimum Gasteiger partial charge on any atom is -0.369 e. The zero-order valence-electron chi connectivity index (χ0n) is 19.2. The second kappa shape index (κ2) is 10.3. The number of hydrogen-bond acceptors (Lipinski definition) is 4. The average molecular weight is 443 g/mol. The highest BCUT2D eigenvalue weighted by atomic mass is 16.2. The Balaban J connectivity index is 1.33. The van der Waals surface area contributed by atoms with E-state index in [1.807, 2.05) is 36.4 Å². The summed E-state index contributed by atoms with van der Waals surface area (Å²) in [4.78, 5) is 30.1. The van der Waals surface area contributed by atoms with Crippen molar-refractivity contribution in [1.82, 2.24) is 4.90 Å². The molecule has 3 aromatic rings. The Morgan fingerprint density at radius 1 is 0.788 bits per heavy atom. The molecule has 1 aliphatic heterocycles. The van der Waals surface area contributed by atoms with Crippen LogP contribution in [0.25, 0.3) is 0 Å². The monoisotopic (exact) mass is 442 g/mol. The number of carbonyl (C=O) groups is 2. The van der Waals surface area contributed by atoms with Gasteiger partial charge in [-0.1, -0.05) is 42.5 Å². The highest BCUT2D eigenvalue weighted by Gasteiger charge is 2.21. The van der Waals surface area contributed by atoms with Crippen molar-refractivity contribution in [3.8, 4) is 0 Å². The van der Waals surface area contributed by atoms with Gasteiger partial charge in [-0.25, -0.2) is 0 Å². The molecule has 0 spiro atoms. The standard InChI is InChI=1S/C27H30N4O2/c1-20-9-8-14-25(21(20)2)31-17-15-30(16-18-31)19-26(32)29-24-13-7-6-12-23(24)27(33)28-22-10-4-3-5-11-22/h3-14H,15-19H2,1-2H3,(H,28,33)(H,29,32). The number of anilines is 3. The van der Waals surface area contributed by atoms with Crippen LogP contribution in [0.2, 0.25) is 0 Å². The Hall–Kier alpha value is -3.64. The number of benzene rings is 3. The predicted molar refractivity (Wildman–Crippen MR) is 134 cm³/mol. The van der Waals surface area contributed by atoms with Gasteiger partial charge in [-0.3, -0.25) is 14.5 Å². The molecular formula is C27H30N4O2. The molecule has 2 amide bonds. The summed E-state index contributed by atoms with van der Waals surface area (Å²) in [6.07, 6.45) is 0. The number of para-hydroxylation sites is 2. The smallest absolute Gasteiger partial charge is 0.257 e. The fraction of sp³-hybridized carbons (Fsp3) is 0.259. The van der Waals surface area contributed by atoms with Crippen LogP contribution in [0.15, 0.2) is 72.8 Å². The van der Waals surface area contributed by atoms with E-state index in [2.05, 4.69) is 52.5 Å². The summed E-state index contributed by atoms with van der Waals surface area (Å²) in [6.45, 7) is 8.00. The van der Waals surface area contributed by atoms with Gasteiger partial charge in [0.1, 0.15) is 0 Å². The lowest BCUT2D eigenvalue weighted by Crippen LogP contribution is -2.49. The molecule has 1 saturated heterocycles. The predicted octanol–water partition coefficient (Wildman–Crippen LogP) is 4.32. The van der Waals surface area contributed by atoms with Crippen molar-refractivity contribution in [3.05, 3.63) is 89.5 Å². The number of rotatable bonds is 6. The van der Waals surface area contributed by atoms with Gasteiger partial charge in [0.05, 0.1) is 17.8 Å². The topological polar surface area (TPSA) is 64.7 Å². The van der Waals surface area contributed by atoms with Crippen LogP contribution in [0.4, 0.5) is 17.1 Å². The molecule has 1 aliphatic rings. The van der Waals surface area contributed by atoms with E-state index < -0.39 is 0 Å². The first kappa shape index (κ1) is 22.6. The number of hydrogen-bond donors (Lipinski definition) is 2. The number of aryl methyl sites for hydroxylation is 1. The molecule has 0 bridgehead atoms. The summed E-state index contributed by atoms with van der Waals surface area (Å²) >= 11 is 0. The molecule has 4 rings (SSSR count). The number of nitrogens with zero attached hydrogens (tertiary/aromatic N) is 2. The third-order valence-electron chi connectivity index (χ3n) is 6.13. The van der Waals surface area contributed by atoms with Crippen LogP contribution in [-0.2, 0) is 4.79 Å². The lowest BCUT2D eigenvalue weighted by atomic mass is 10.1. The molecular weight excluding hydrogens is 412 g/mol. The summed E-state index contributed by atoms with van der Waals surface area (Å²) in [7, 11) is 0. The largest absolute Gasteiger partial charge is 0.369 e. The van der Waals surface area contributed by atoms with Crippen LogP contribution < -0.4 is 15.5 Å². The molecule has 33 heavy (non-hydrogen) atoms. The van der Waals surface area contributed by atoms with Crippen LogP contribution in [0.1, 0.15) is 21.5 Å². The minimum absolute atomic E-state index is 0.116. The Bertz CT molecular complexity index is 1120. The fourth-order valence-electron chi connectivity index (χ4n) is 4.13. The Morgan fingerprint density at radius 3 is 2.24 bits per heavy atom. The molecule has 6 nitrogen and oxygen atoms in total. The van der Waals surface area contributed by atoms with Crippen LogP contribution in [0.3, 0.4) is 0 Å². The van der Waals surface area contributed by atoms with E-state index in [4.69, 9.17) is 0 Å². The van der Waals surface area contributed by atoms with Crippen LogP contribution in [0.5, 0.6) is 0 Å². The molecule has 3 aromatic carbocycles. The molecule has 170 valence electrons. The molecule has 0 saturated carbocycles. The molecule has 0 atom stereocenters. The Kier molecular flexibility index (Phi) is 7.05. The first-order chi connectivity index (χ1) is 16.0. The zero-order valence-corrected chi connectivity index (χ0v) is 19.2. The maximum atomic E-state index is 12.8. The molecule has 0 aliphatic carbocycles. The summed E-state index contributed by atoms with van der Waals surface area (Å²) in [5.41, 5.74) is 5.56. The van der Waals surface area contributed by atoms with Gasteiger partial charge in [-0.2, -0.15) is 0 Å². The van der Waals surface area contributed by atoms with Gasteiger partial charge < -0.3 is 15.5 Å². The van der Waals surface area contributed by atoms with Crippen LogP contribution in [-0.4, -0.2) is 49.4 Å². The fourth-order valence-corrected chi connectivity index (χ4v) is 4.13. The maximum absolute atomic E-state index is 12.8. The summed E-state index contributed by atoms with van der Waals surface area (Å²) in [5, 5.41) is 5.80. The van der Waals surface area contributed by atoms with E-state index in [9.17, 15) is 9.59 Å². The SMILES string of the molecule is Cc1cccc(N2CCN(CC(=O)Nc3ccccc3C(=O)Nc3ccccc3)CC2)c1C. The highest BCUT2D eigenvalue weighted by Crippen LogP contribution is 2.24. The second-order valence-electron chi connectivity index (χ2n) is 8.40. The molecule has 0 radical (unpaired) electrons. The van der Waals surface area contributed by atoms with Gasteiger partial charge in [0.15, 0.2) is 0 Å². The Labute approximate surface area is 195 Å². The number of nitrogens with one attached hydrogen (secondary N) is 2. The molecule has 6 heteroatoms. The van der Waals surface area contributed by atoms with E-state index in [0.717, 1.165) is 26.2 Å².